The van der Waals surface area contributed by atoms with Gasteiger partial charge >= 0.3 is 5.97 Å². The number of carbonyl (C=O) groups excluding carboxylic acids is 1. The summed E-state index contributed by atoms with van der Waals surface area (Å²) in [5, 5.41) is 19.9. The van der Waals surface area contributed by atoms with Gasteiger partial charge in [0.15, 0.2) is 0 Å². The molecule has 1 amide bonds. The molecular weight excluding hydrogens is 577 g/mol. The molecule has 5 nitrogen and oxygen atoms in total. The number of hydrogen-bond donors (Lipinski definition) is 2. The third-order valence-corrected chi connectivity index (χ3v) is 7.00. The topological polar surface area (TPSA) is 90.2 Å². The Morgan fingerprint density at radius 2 is 1.89 bits per heavy atom. The maximum Gasteiger partial charge on any atom is 0.336 e. The van der Waals surface area contributed by atoms with Crippen molar-refractivity contribution in [1.82, 2.24) is 5.32 Å². The highest BCUT2D eigenvalue weighted by atomic mass is 127. The molecule has 8 heteroatoms. The summed E-state index contributed by atoms with van der Waals surface area (Å²) in [6.07, 6.45) is 0.625. The van der Waals surface area contributed by atoms with Gasteiger partial charge in [-0.1, -0.05) is 0 Å². The first kappa shape index (κ1) is 17.8. The third kappa shape index (κ3) is 4.84. The van der Waals surface area contributed by atoms with Crippen LogP contribution in [0.5, 0.6) is 0 Å². The number of benzene rings is 1. The lowest BCUT2D eigenvalue weighted by Gasteiger charge is -2.05. The first-order valence-electron chi connectivity index (χ1n) is 4.32. The Morgan fingerprint density at radius 3 is 2.22 bits per heavy atom. The van der Waals surface area contributed by atoms with E-state index in [9.17, 15) is 4.79 Å². The minimum atomic E-state index is -1.000. The Labute approximate surface area is 145 Å². The van der Waals surface area contributed by atoms with Crippen LogP contribution in [0.15, 0.2) is 6.07 Å². The van der Waals surface area contributed by atoms with Gasteiger partial charge in [-0.3, -0.25) is 4.79 Å². The van der Waals surface area contributed by atoms with Gasteiger partial charge in [-0.05, 0) is 73.8 Å². The van der Waals surface area contributed by atoms with Crippen LogP contribution in [0, 0.1) is 22.0 Å². The van der Waals surface area contributed by atoms with Gasteiger partial charge in [0.2, 0.25) is 6.41 Å². The Kier molecular flexibility index (Phi) is 8.78. The molecule has 1 aromatic carbocycles. The van der Waals surface area contributed by atoms with Crippen molar-refractivity contribution in [2.45, 2.75) is 0 Å². The molecule has 0 aliphatic rings. The van der Waals surface area contributed by atoms with Crippen molar-refractivity contribution in [1.29, 1.82) is 5.26 Å². The normalized spacial score (nSPS) is 8.61. The fraction of sp³-hybridized carbons (Fsp3) is 0.100. The summed E-state index contributed by atoms with van der Waals surface area (Å²) < 4.78 is 2.31. The van der Waals surface area contributed by atoms with Gasteiger partial charge in [-0.25, -0.2) is 4.79 Å². The lowest BCUT2D eigenvalue weighted by Crippen LogP contribution is -2.04. The average Bonchev–Trinajstić information content (AvgIpc) is 2.36. The van der Waals surface area contributed by atoms with E-state index in [1.165, 1.54) is 6.07 Å². The molecule has 0 unspecified atom stereocenters. The average molecular weight is 584 g/mol. The number of hydrogen-bond acceptors (Lipinski definition) is 3. The van der Waals surface area contributed by atoms with Crippen LogP contribution in [-0.2, 0) is 4.79 Å². The second-order valence-corrected chi connectivity index (χ2v) is 5.97. The number of rotatable bonds is 2. The number of nitrogens with one attached hydrogen (secondary N) is 1. The summed E-state index contributed by atoms with van der Waals surface area (Å²) >= 11 is 6.07. The minimum absolute atomic E-state index is 0.187. The number of carboxylic acid groups (broad SMARTS) is 1. The third-order valence-electron chi connectivity index (χ3n) is 1.62. The van der Waals surface area contributed by atoms with Crippen LogP contribution in [0.4, 0.5) is 0 Å². The smallest absolute Gasteiger partial charge is 0.336 e. The number of halogens is 3. The molecule has 1 rings (SSSR count). The van der Waals surface area contributed by atoms with Crippen molar-refractivity contribution in [2.24, 2.45) is 0 Å². The van der Waals surface area contributed by atoms with Gasteiger partial charge < -0.3 is 10.4 Å². The number of carboxylic acids is 1. The van der Waals surface area contributed by atoms with Crippen LogP contribution in [-0.4, -0.2) is 24.5 Å². The fourth-order valence-electron chi connectivity index (χ4n) is 0.841. The van der Waals surface area contributed by atoms with E-state index in [0.29, 0.717) is 15.5 Å². The molecular formula is C10H7I3N2O3. The molecule has 1 aromatic rings. The zero-order valence-corrected chi connectivity index (χ0v) is 15.5. The molecule has 0 aliphatic carbocycles. The summed E-state index contributed by atoms with van der Waals surface area (Å²) in [6.45, 7) is 0. The Balaban J connectivity index is 0.000000631. The highest BCUT2D eigenvalue weighted by Crippen LogP contribution is 2.27. The van der Waals surface area contributed by atoms with Crippen molar-refractivity contribution in [3.05, 3.63) is 27.9 Å². The van der Waals surface area contributed by atoms with E-state index >= 15 is 0 Å². The van der Waals surface area contributed by atoms with Crippen LogP contribution in [0.1, 0.15) is 15.9 Å². The highest BCUT2D eigenvalue weighted by Gasteiger charge is 2.16. The van der Waals surface area contributed by atoms with Crippen molar-refractivity contribution in [3.8, 4) is 6.07 Å². The van der Waals surface area contributed by atoms with Crippen LogP contribution < -0.4 is 5.32 Å². The predicted octanol–water partition coefficient (Wildman–Crippen LogP) is 2.43. The van der Waals surface area contributed by atoms with Gasteiger partial charge in [0.25, 0.3) is 0 Å². The molecule has 0 bridgehead atoms. The molecule has 0 aliphatic heterocycles. The predicted molar refractivity (Wildman–Crippen MR) is 91.4 cm³/mol. The van der Waals surface area contributed by atoms with Crippen molar-refractivity contribution in [2.75, 3.05) is 7.05 Å². The van der Waals surface area contributed by atoms with Gasteiger partial charge in [-0.2, -0.15) is 5.26 Å². The maximum atomic E-state index is 10.8. The lowest BCUT2D eigenvalue weighted by molar-refractivity contribution is -0.109. The summed E-state index contributed by atoms with van der Waals surface area (Å²) in [4.78, 5) is 19.9. The van der Waals surface area contributed by atoms with Crippen LogP contribution in [0.2, 0.25) is 0 Å². The van der Waals surface area contributed by atoms with Gasteiger partial charge in [0.1, 0.15) is 6.07 Å². The van der Waals surface area contributed by atoms with E-state index in [1.54, 1.807) is 7.05 Å². The fourth-order valence-corrected chi connectivity index (χ4v) is 3.14. The van der Waals surface area contributed by atoms with Crippen molar-refractivity contribution in [3.63, 3.8) is 0 Å². The van der Waals surface area contributed by atoms with Gasteiger partial charge in [0, 0.05) is 17.8 Å². The molecule has 0 saturated carbocycles. The molecule has 0 spiro atoms. The quantitative estimate of drug-likeness (QED) is 0.318. The number of carbonyl (C=O) groups is 2. The first-order chi connectivity index (χ1) is 8.40. The van der Waals surface area contributed by atoms with Crippen LogP contribution in [0.25, 0.3) is 0 Å². The number of nitriles is 1. The summed E-state index contributed by atoms with van der Waals surface area (Å²) in [7, 11) is 1.56. The number of amides is 1. The maximum absolute atomic E-state index is 10.8. The standard InChI is InChI=1S/C8H2I3NO2.C2H5NO/c9-5-3(2-12)1-4(8(13)14)6(10)7(5)11;1-3-2-4/h1H,(H,13,14);2H,1H3,(H,3,4). The van der Waals surface area contributed by atoms with Crippen molar-refractivity contribution >= 4 is 80.2 Å². The summed E-state index contributed by atoms with van der Waals surface area (Å²) in [6, 6.07) is 3.39. The molecule has 0 atom stereocenters. The summed E-state index contributed by atoms with van der Waals surface area (Å²) in [5.74, 6) is -1.000. The highest BCUT2D eigenvalue weighted by molar-refractivity contribution is 14.1. The minimum Gasteiger partial charge on any atom is -0.478 e. The molecule has 0 heterocycles. The van der Waals surface area contributed by atoms with E-state index in [1.807, 2.05) is 73.8 Å². The van der Waals surface area contributed by atoms with E-state index in [2.05, 4.69) is 5.32 Å². The zero-order valence-electron chi connectivity index (χ0n) is 9.00. The van der Waals surface area contributed by atoms with Crippen molar-refractivity contribution < 1.29 is 14.7 Å². The second kappa shape index (κ2) is 8.86. The largest absolute Gasteiger partial charge is 0.478 e. The molecule has 96 valence electrons. The molecule has 0 radical (unpaired) electrons. The van der Waals surface area contributed by atoms with Crippen LogP contribution >= 0.6 is 67.8 Å². The molecule has 2 N–H and O–H groups in total. The van der Waals surface area contributed by atoms with Gasteiger partial charge in [-0.15, -0.1) is 0 Å². The molecule has 0 fully saturated rings. The first-order valence-corrected chi connectivity index (χ1v) is 7.56. The van der Waals surface area contributed by atoms with E-state index in [-0.39, 0.29) is 5.56 Å². The Bertz CT molecular complexity index is 512. The number of aromatic carboxylic acids is 1. The summed E-state index contributed by atoms with van der Waals surface area (Å²) in [5.41, 5.74) is 0.597. The Morgan fingerprint density at radius 1 is 1.39 bits per heavy atom. The van der Waals surface area contributed by atoms with Gasteiger partial charge in [0.05, 0.1) is 11.1 Å². The lowest BCUT2D eigenvalue weighted by atomic mass is 10.1. The van der Waals surface area contributed by atoms with E-state index < -0.39 is 5.97 Å². The molecule has 0 saturated heterocycles. The monoisotopic (exact) mass is 584 g/mol. The SMILES string of the molecule is CNC=O.N#Cc1cc(C(=O)O)c(I)c(I)c1I. The number of nitrogens with zero attached hydrogens (tertiary/aromatic N) is 1. The second-order valence-electron chi connectivity index (χ2n) is 2.74. The van der Waals surface area contributed by atoms with E-state index in [4.69, 9.17) is 15.2 Å². The van der Waals surface area contributed by atoms with E-state index in [0.717, 1.165) is 7.14 Å². The van der Waals surface area contributed by atoms with Crippen LogP contribution in [0.3, 0.4) is 0 Å². The zero-order chi connectivity index (χ0) is 14.3. The Hall–Kier alpha value is -0.160. The molecule has 0 aromatic heterocycles. The molecule has 18 heavy (non-hydrogen) atoms.